The molecular weight excluding hydrogens is 368 g/mol. The molecule has 0 aliphatic rings. The van der Waals surface area contributed by atoms with Crippen LogP contribution in [0.3, 0.4) is 0 Å². The first kappa shape index (κ1) is 19.6. The molecule has 3 heteroatoms. The van der Waals surface area contributed by atoms with Crippen molar-refractivity contribution in [1.29, 1.82) is 0 Å². The number of hydrogen-bond donors (Lipinski definition) is 2. The van der Waals surface area contributed by atoms with Crippen LogP contribution in [0.5, 0.6) is 5.75 Å². The fourth-order valence-electron chi connectivity index (χ4n) is 4.29. The largest absolute Gasteiger partial charge is 0.497 e. The number of benzene rings is 4. The lowest BCUT2D eigenvalue weighted by atomic mass is 9.64. The third-order valence-electron chi connectivity index (χ3n) is 5.69. The monoisotopic (exact) mass is 394 g/mol. The van der Waals surface area contributed by atoms with Crippen molar-refractivity contribution < 1.29 is 4.74 Å². The van der Waals surface area contributed by atoms with E-state index in [0.717, 1.165) is 39.3 Å². The summed E-state index contributed by atoms with van der Waals surface area (Å²) in [7, 11) is 1.67. The van der Waals surface area contributed by atoms with Gasteiger partial charge in [-0.3, -0.25) is 0 Å². The van der Waals surface area contributed by atoms with E-state index in [1.807, 2.05) is 42.5 Å². The summed E-state index contributed by atoms with van der Waals surface area (Å²) in [6, 6.07) is 32.8. The van der Waals surface area contributed by atoms with Gasteiger partial charge in [0.2, 0.25) is 0 Å². The lowest BCUT2D eigenvalue weighted by molar-refractivity contribution is 0.414. The molecule has 0 amide bonds. The molecule has 3 nitrogen and oxygen atoms in total. The zero-order valence-electron chi connectivity index (χ0n) is 17.3. The number of anilines is 2. The highest BCUT2D eigenvalue weighted by Gasteiger charge is 2.41. The van der Waals surface area contributed by atoms with Crippen molar-refractivity contribution >= 4 is 11.4 Å². The minimum Gasteiger partial charge on any atom is -0.497 e. The molecule has 0 unspecified atom stereocenters. The highest BCUT2D eigenvalue weighted by atomic mass is 16.5. The zero-order chi connectivity index (χ0) is 21.1. The third-order valence-corrected chi connectivity index (χ3v) is 5.69. The molecule has 4 N–H and O–H groups in total. The Morgan fingerprint density at radius 2 is 1.13 bits per heavy atom. The molecule has 4 rings (SSSR count). The molecule has 0 bridgehead atoms. The lowest BCUT2D eigenvalue weighted by Crippen LogP contribution is -2.33. The normalized spacial score (nSPS) is 11.3. The Balaban J connectivity index is 2.23. The Labute approximate surface area is 177 Å². The summed E-state index contributed by atoms with van der Waals surface area (Å²) in [4.78, 5) is 0. The zero-order valence-corrected chi connectivity index (χ0v) is 17.3. The fourth-order valence-corrected chi connectivity index (χ4v) is 4.29. The number of nitrogens with two attached hydrogens (primary N) is 2. The molecule has 0 atom stereocenters. The van der Waals surface area contributed by atoms with E-state index in [-0.39, 0.29) is 0 Å². The average Bonchev–Trinajstić information content (AvgIpc) is 2.79. The van der Waals surface area contributed by atoms with Crippen LogP contribution in [0.4, 0.5) is 11.4 Å². The van der Waals surface area contributed by atoms with Gasteiger partial charge in [0.05, 0.1) is 12.5 Å². The highest BCUT2D eigenvalue weighted by molar-refractivity contribution is 5.72. The van der Waals surface area contributed by atoms with Gasteiger partial charge >= 0.3 is 0 Å². The number of nitrogen functional groups attached to an aromatic ring is 2. The number of rotatable bonds is 5. The maximum atomic E-state index is 6.64. The second kappa shape index (κ2) is 7.96. The van der Waals surface area contributed by atoms with Crippen LogP contribution in [0, 0.1) is 6.92 Å². The number of aryl methyl sites for hydroxylation is 1. The van der Waals surface area contributed by atoms with Gasteiger partial charge in [-0.15, -0.1) is 0 Å². The van der Waals surface area contributed by atoms with Crippen molar-refractivity contribution in [2.45, 2.75) is 12.3 Å². The summed E-state index contributed by atoms with van der Waals surface area (Å²) in [6.07, 6.45) is 0. The summed E-state index contributed by atoms with van der Waals surface area (Å²) in [6.45, 7) is 2.08. The summed E-state index contributed by atoms with van der Waals surface area (Å²) >= 11 is 0. The average molecular weight is 395 g/mol. The van der Waals surface area contributed by atoms with Crippen molar-refractivity contribution in [3.05, 3.63) is 125 Å². The smallest absolute Gasteiger partial charge is 0.119 e. The predicted octanol–water partition coefficient (Wildman–Crippen LogP) is 5.55. The Kier molecular flexibility index (Phi) is 5.20. The van der Waals surface area contributed by atoms with Crippen LogP contribution in [-0.4, -0.2) is 7.11 Å². The van der Waals surface area contributed by atoms with Crippen molar-refractivity contribution in [3.8, 4) is 5.75 Å². The first-order chi connectivity index (χ1) is 14.6. The van der Waals surface area contributed by atoms with Crippen LogP contribution in [0.2, 0.25) is 0 Å². The molecule has 0 saturated carbocycles. The van der Waals surface area contributed by atoms with E-state index < -0.39 is 5.41 Å². The molecule has 4 aromatic rings. The van der Waals surface area contributed by atoms with E-state index in [9.17, 15) is 0 Å². The van der Waals surface area contributed by atoms with E-state index in [1.165, 1.54) is 0 Å². The highest BCUT2D eigenvalue weighted by Crippen LogP contribution is 2.49. The minimum absolute atomic E-state index is 0.685. The molecule has 0 radical (unpaired) electrons. The SMILES string of the molecule is COc1ccc(N)c(C(c2ccccc2)(c2ccccc2)c2cc(C)ccc2N)c1. The van der Waals surface area contributed by atoms with Crippen molar-refractivity contribution in [1.82, 2.24) is 0 Å². The third kappa shape index (κ3) is 3.18. The Hall–Kier alpha value is -3.72. The molecule has 30 heavy (non-hydrogen) atoms. The van der Waals surface area contributed by atoms with Crippen LogP contribution in [0.25, 0.3) is 0 Å². The van der Waals surface area contributed by atoms with Gasteiger partial charge in [0, 0.05) is 11.4 Å². The van der Waals surface area contributed by atoms with Crippen LogP contribution in [0.1, 0.15) is 27.8 Å². The molecule has 0 fully saturated rings. The maximum Gasteiger partial charge on any atom is 0.119 e. The molecule has 0 spiro atoms. The first-order valence-electron chi connectivity index (χ1n) is 9.99. The van der Waals surface area contributed by atoms with Gasteiger partial charge in [0.25, 0.3) is 0 Å². The second-order valence-corrected chi connectivity index (χ2v) is 7.53. The molecule has 0 saturated heterocycles. The predicted molar refractivity (Wildman–Crippen MR) is 125 cm³/mol. The maximum absolute atomic E-state index is 6.64. The Morgan fingerprint density at radius 1 is 0.633 bits per heavy atom. The van der Waals surface area contributed by atoms with E-state index in [4.69, 9.17) is 16.2 Å². The number of methoxy groups -OCH3 is 1. The second-order valence-electron chi connectivity index (χ2n) is 7.53. The van der Waals surface area contributed by atoms with Crippen LogP contribution in [-0.2, 0) is 5.41 Å². The van der Waals surface area contributed by atoms with Gasteiger partial charge < -0.3 is 16.2 Å². The van der Waals surface area contributed by atoms with Crippen LogP contribution < -0.4 is 16.2 Å². The van der Waals surface area contributed by atoms with E-state index in [2.05, 4.69) is 61.5 Å². The van der Waals surface area contributed by atoms with Crippen LogP contribution >= 0.6 is 0 Å². The Morgan fingerprint density at radius 3 is 1.67 bits per heavy atom. The van der Waals surface area contributed by atoms with Gasteiger partial charge in [-0.25, -0.2) is 0 Å². The van der Waals surface area contributed by atoms with Gasteiger partial charge in [0.1, 0.15) is 5.75 Å². The van der Waals surface area contributed by atoms with Gasteiger partial charge in [-0.2, -0.15) is 0 Å². The van der Waals surface area contributed by atoms with E-state index in [0.29, 0.717) is 5.69 Å². The fraction of sp³-hybridized carbons (Fsp3) is 0.111. The summed E-state index contributed by atoms with van der Waals surface area (Å²) in [5.74, 6) is 0.752. The summed E-state index contributed by atoms with van der Waals surface area (Å²) in [5.41, 5.74) is 19.2. The van der Waals surface area contributed by atoms with Gasteiger partial charge in [-0.05, 0) is 53.4 Å². The molecule has 0 heterocycles. The van der Waals surface area contributed by atoms with Crippen molar-refractivity contribution in [2.24, 2.45) is 0 Å². The Bertz CT molecular complexity index is 1110. The van der Waals surface area contributed by atoms with Crippen molar-refractivity contribution in [3.63, 3.8) is 0 Å². The first-order valence-corrected chi connectivity index (χ1v) is 9.99. The topological polar surface area (TPSA) is 61.3 Å². The molecule has 0 aliphatic heterocycles. The molecule has 150 valence electrons. The molecule has 0 aliphatic carbocycles. The lowest BCUT2D eigenvalue weighted by Gasteiger charge is -2.38. The number of ether oxygens (including phenoxy) is 1. The molecule has 4 aromatic carbocycles. The summed E-state index contributed by atoms with van der Waals surface area (Å²) < 4.78 is 5.58. The summed E-state index contributed by atoms with van der Waals surface area (Å²) in [5, 5.41) is 0. The standard InChI is InChI=1S/C27H26N2O/c1-19-13-15-25(28)23(17-19)27(20-9-5-3-6-10-20,21-11-7-4-8-12-21)24-18-22(30-2)14-16-26(24)29/h3-18H,28-29H2,1-2H3. The van der Waals surface area contributed by atoms with Gasteiger partial charge in [0.15, 0.2) is 0 Å². The molecular formula is C27H26N2O. The quantitative estimate of drug-likeness (QED) is 0.344. The van der Waals surface area contributed by atoms with E-state index >= 15 is 0 Å². The number of hydrogen-bond acceptors (Lipinski definition) is 3. The van der Waals surface area contributed by atoms with E-state index in [1.54, 1.807) is 7.11 Å². The molecule has 0 aromatic heterocycles. The van der Waals surface area contributed by atoms with Crippen molar-refractivity contribution in [2.75, 3.05) is 18.6 Å². The van der Waals surface area contributed by atoms with Gasteiger partial charge in [-0.1, -0.05) is 78.4 Å². The van der Waals surface area contributed by atoms with Crippen LogP contribution in [0.15, 0.2) is 97.1 Å². The minimum atomic E-state index is -0.697.